The monoisotopic (exact) mass is 355 g/mol. The van der Waals surface area contributed by atoms with Crippen LogP contribution in [0.2, 0.25) is 0 Å². The van der Waals surface area contributed by atoms with Gasteiger partial charge in [-0.05, 0) is 80.5 Å². The Morgan fingerprint density at radius 2 is 1.80 bits per heavy atom. The van der Waals surface area contributed by atoms with Crippen LogP contribution in [0.5, 0.6) is 0 Å². The molecule has 0 atom stereocenters. The molecule has 0 saturated heterocycles. The fraction of sp³-hybridized carbons (Fsp3) is 0.350. The molecule has 5 heteroatoms. The molecule has 1 aliphatic carbocycles. The number of aliphatic hydroxyl groups is 1. The van der Waals surface area contributed by atoms with Crippen LogP contribution in [0.3, 0.4) is 0 Å². The number of nitrogens with zero attached hydrogens (tertiary/aromatic N) is 1. The van der Waals surface area contributed by atoms with E-state index in [0.717, 1.165) is 12.8 Å². The van der Waals surface area contributed by atoms with Gasteiger partial charge in [-0.15, -0.1) is 0 Å². The minimum atomic E-state index is -3.67. The zero-order valence-electron chi connectivity index (χ0n) is 14.4. The van der Waals surface area contributed by atoms with Crippen LogP contribution in [-0.2, 0) is 21.9 Å². The van der Waals surface area contributed by atoms with Crippen LogP contribution in [-0.4, -0.2) is 13.5 Å². The standard InChI is InChI=1S/C20H21NO3S/c1-20(2,22)17-6-8-18(9-7-17)25(23,24)19-10-5-15(13-21)12-16(19)11-14-3-4-14/h5-10,12,14,22H,3-4,11H2,1-2H3. The smallest absolute Gasteiger partial charge is 0.206 e. The van der Waals surface area contributed by atoms with Crippen LogP contribution in [0.25, 0.3) is 0 Å². The van der Waals surface area contributed by atoms with Crippen molar-refractivity contribution in [2.24, 2.45) is 5.92 Å². The highest BCUT2D eigenvalue weighted by Gasteiger charge is 2.27. The van der Waals surface area contributed by atoms with Crippen LogP contribution in [0.1, 0.15) is 43.4 Å². The Bertz CT molecular complexity index is 928. The van der Waals surface area contributed by atoms with Gasteiger partial charge in [-0.3, -0.25) is 0 Å². The summed E-state index contributed by atoms with van der Waals surface area (Å²) in [6.07, 6.45) is 2.90. The summed E-state index contributed by atoms with van der Waals surface area (Å²) in [6.45, 7) is 3.32. The van der Waals surface area contributed by atoms with Crippen molar-refractivity contribution < 1.29 is 13.5 Å². The maximum Gasteiger partial charge on any atom is 0.206 e. The number of nitriles is 1. The Hall–Kier alpha value is -2.16. The Labute approximate surface area is 148 Å². The van der Waals surface area contributed by atoms with Crippen LogP contribution >= 0.6 is 0 Å². The van der Waals surface area contributed by atoms with Gasteiger partial charge in [0, 0.05) is 0 Å². The minimum absolute atomic E-state index is 0.197. The average molecular weight is 355 g/mol. The van der Waals surface area contributed by atoms with E-state index in [1.54, 1.807) is 38.1 Å². The van der Waals surface area contributed by atoms with Crippen molar-refractivity contribution in [2.75, 3.05) is 0 Å². The average Bonchev–Trinajstić information content (AvgIpc) is 3.38. The first kappa shape index (κ1) is 17.7. The largest absolute Gasteiger partial charge is 0.386 e. The second-order valence-electron chi connectivity index (χ2n) is 7.17. The van der Waals surface area contributed by atoms with Crippen LogP contribution in [0, 0.1) is 17.2 Å². The molecule has 0 aromatic heterocycles. The lowest BCUT2D eigenvalue weighted by atomic mass is 9.99. The molecule has 3 rings (SSSR count). The molecule has 0 bridgehead atoms. The molecule has 0 spiro atoms. The molecule has 2 aromatic rings. The van der Waals surface area contributed by atoms with Gasteiger partial charge in [0.05, 0.1) is 27.0 Å². The van der Waals surface area contributed by atoms with E-state index in [4.69, 9.17) is 5.26 Å². The van der Waals surface area contributed by atoms with Gasteiger partial charge in [0.1, 0.15) is 0 Å². The van der Waals surface area contributed by atoms with Gasteiger partial charge < -0.3 is 5.11 Å². The molecule has 0 heterocycles. The summed E-state index contributed by atoms with van der Waals surface area (Å²) in [5.74, 6) is 0.514. The van der Waals surface area contributed by atoms with Crippen molar-refractivity contribution in [1.29, 1.82) is 5.26 Å². The first-order valence-corrected chi connectivity index (χ1v) is 9.81. The quantitative estimate of drug-likeness (QED) is 0.889. The predicted molar refractivity (Wildman–Crippen MR) is 94.7 cm³/mol. The molecular weight excluding hydrogens is 334 g/mol. The van der Waals surface area contributed by atoms with Crippen molar-refractivity contribution >= 4 is 9.84 Å². The molecule has 1 fully saturated rings. The number of sulfone groups is 1. The highest BCUT2D eigenvalue weighted by atomic mass is 32.2. The fourth-order valence-electron chi connectivity index (χ4n) is 2.87. The molecule has 0 unspecified atom stereocenters. The fourth-order valence-corrected chi connectivity index (χ4v) is 4.36. The van der Waals surface area contributed by atoms with Crippen molar-refractivity contribution in [2.45, 2.75) is 48.5 Å². The number of hydrogen-bond acceptors (Lipinski definition) is 4. The van der Waals surface area contributed by atoms with E-state index < -0.39 is 15.4 Å². The molecule has 0 amide bonds. The lowest BCUT2D eigenvalue weighted by Gasteiger charge is -2.18. The lowest BCUT2D eigenvalue weighted by molar-refractivity contribution is 0.0785. The maximum absolute atomic E-state index is 13.1. The van der Waals surface area contributed by atoms with E-state index in [9.17, 15) is 13.5 Å². The van der Waals surface area contributed by atoms with Crippen LogP contribution < -0.4 is 0 Å². The SMILES string of the molecule is CC(C)(O)c1ccc(S(=O)(=O)c2ccc(C#N)cc2CC2CC2)cc1. The van der Waals surface area contributed by atoms with Gasteiger partial charge in [-0.25, -0.2) is 8.42 Å². The van der Waals surface area contributed by atoms with E-state index in [2.05, 4.69) is 6.07 Å². The van der Waals surface area contributed by atoms with E-state index in [1.807, 2.05) is 0 Å². The molecular formula is C20H21NO3S. The molecule has 1 aliphatic rings. The summed E-state index contributed by atoms with van der Waals surface area (Å²) < 4.78 is 26.1. The Morgan fingerprint density at radius 3 is 2.32 bits per heavy atom. The Morgan fingerprint density at radius 1 is 1.16 bits per heavy atom. The molecule has 1 N–H and O–H groups in total. The van der Waals surface area contributed by atoms with Gasteiger partial charge in [0.15, 0.2) is 0 Å². The van der Waals surface area contributed by atoms with Gasteiger partial charge in [0.2, 0.25) is 9.84 Å². The number of benzene rings is 2. The normalized spacial score (nSPS) is 15.0. The zero-order chi connectivity index (χ0) is 18.2. The van der Waals surface area contributed by atoms with E-state index >= 15 is 0 Å². The van der Waals surface area contributed by atoms with Gasteiger partial charge >= 0.3 is 0 Å². The Balaban J connectivity index is 2.03. The van der Waals surface area contributed by atoms with E-state index in [0.29, 0.717) is 29.0 Å². The summed E-state index contributed by atoms with van der Waals surface area (Å²) in [6, 6.07) is 13.2. The molecule has 0 radical (unpaired) electrons. The zero-order valence-corrected chi connectivity index (χ0v) is 15.2. The first-order chi connectivity index (χ1) is 11.7. The molecule has 1 saturated carbocycles. The molecule has 25 heavy (non-hydrogen) atoms. The van der Waals surface area contributed by atoms with Crippen LogP contribution in [0.15, 0.2) is 52.3 Å². The summed E-state index contributed by atoms with van der Waals surface area (Å²) in [7, 11) is -3.67. The third-order valence-electron chi connectivity index (χ3n) is 4.56. The number of rotatable bonds is 5. The van der Waals surface area contributed by atoms with Crippen molar-refractivity contribution in [3.63, 3.8) is 0 Å². The van der Waals surface area contributed by atoms with Crippen LogP contribution in [0.4, 0.5) is 0 Å². The van der Waals surface area contributed by atoms with Gasteiger partial charge in [-0.2, -0.15) is 5.26 Å². The maximum atomic E-state index is 13.1. The van der Waals surface area contributed by atoms with Crippen molar-refractivity contribution in [3.05, 3.63) is 59.2 Å². The summed E-state index contributed by atoms with van der Waals surface area (Å²) in [4.78, 5) is 0.469. The third-order valence-corrected chi connectivity index (χ3v) is 6.43. The summed E-state index contributed by atoms with van der Waals surface area (Å²) in [5, 5.41) is 19.1. The second kappa shape index (κ2) is 6.29. The van der Waals surface area contributed by atoms with E-state index in [-0.39, 0.29) is 9.79 Å². The predicted octanol–water partition coefficient (Wildman–Crippen LogP) is 3.57. The van der Waals surface area contributed by atoms with Crippen molar-refractivity contribution in [3.8, 4) is 6.07 Å². The highest BCUT2D eigenvalue weighted by molar-refractivity contribution is 7.91. The Kier molecular flexibility index (Phi) is 4.44. The van der Waals surface area contributed by atoms with Gasteiger partial charge in [-0.1, -0.05) is 12.1 Å². The molecule has 0 aliphatic heterocycles. The van der Waals surface area contributed by atoms with Crippen molar-refractivity contribution in [1.82, 2.24) is 0 Å². The topological polar surface area (TPSA) is 78.2 Å². The number of hydrogen-bond donors (Lipinski definition) is 1. The summed E-state index contributed by atoms with van der Waals surface area (Å²) in [5.41, 5.74) is 0.831. The second-order valence-corrected chi connectivity index (χ2v) is 9.09. The molecule has 130 valence electrons. The molecule has 4 nitrogen and oxygen atoms in total. The van der Waals surface area contributed by atoms with Gasteiger partial charge in [0.25, 0.3) is 0 Å². The lowest BCUT2D eigenvalue weighted by Crippen LogP contribution is -2.15. The van der Waals surface area contributed by atoms with E-state index in [1.165, 1.54) is 18.2 Å². The first-order valence-electron chi connectivity index (χ1n) is 8.33. The molecule has 2 aromatic carbocycles. The highest BCUT2D eigenvalue weighted by Crippen LogP contribution is 2.36. The summed E-state index contributed by atoms with van der Waals surface area (Å²) >= 11 is 0. The minimum Gasteiger partial charge on any atom is -0.386 e. The third kappa shape index (κ3) is 3.76.